The van der Waals surface area contributed by atoms with Crippen LogP contribution in [0.2, 0.25) is 0 Å². The van der Waals surface area contributed by atoms with E-state index < -0.39 is 0 Å². The molecule has 1 heterocycles. The normalized spacial score (nSPS) is 18.1. The maximum Gasteiger partial charge on any atom is 0.0326 e. The molecule has 1 unspecified atom stereocenters. The fraction of sp³-hybridized carbons (Fsp3) is 0.353. The first-order valence-electron chi connectivity index (χ1n) is 7.05. The maximum absolute atomic E-state index is 4.21. The van der Waals surface area contributed by atoms with Crippen molar-refractivity contribution < 1.29 is 0 Å². The Morgan fingerprint density at radius 3 is 3.05 bits per heavy atom. The molecule has 2 heteroatoms. The topological polar surface area (TPSA) is 24.9 Å². The van der Waals surface area contributed by atoms with Crippen LogP contribution < -0.4 is 5.32 Å². The molecule has 2 aromatic rings. The Morgan fingerprint density at radius 2 is 2.16 bits per heavy atom. The highest BCUT2D eigenvalue weighted by atomic mass is 14.9. The quantitative estimate of drug-likeness (QED) is 0.903. The molecule has 0 saturated heterocycles. The molecule has 1 aliphatic rings. The van der Waals surface area contributed by atoms with E-state index in [1.54, 1.807) is 0 Å². The van der Waals surface area contributed by atoms with Crippen LogP contribution in [-0.2, 0) is 13.0 Å². The van der Waals surface area contributed by atoms with Crippen molar-refractivity contribution in [3.8, 4) is 0 Å². The number of hydrogen-bond acceptors (Lipinski definition) is 2. The Balaban J connectivity index is 1.73. The predicted molar refractivity (Wildman–Crippen MR) is 77.9 cm³/mol. The highest BCUT2D eigenvalue weighted by Gasteiger charge is 2.19. The second kappa shape index (κ2) is 5.54. The molecule has 0 fully saturated rings. The van der Waals surface area contributed by atoms with Crippen LogP contribution in [0, 0.1) is 6.92 Å². The zero-order chi connectivity index (χ0) is 13.1. The van der Waals surface area contributed by atoms with Gasteiger partial charge in [0.15, 0.2) is 0 Å². The second-order valence-electron chi connectivity index (χ2n) is 5.33. The molecule has 1 aliphatic carbocycles. The van der Waals surface area contributed by atoms with Gasteiger partial charge in [0.1, 0.15) is 0 Å². The number of rotatable bonds is 3. The average molecular weight is 252 g/mol. The van der Waals surface area contributed by atoms with Gasteiger partial charge in [0.25, 0.3) is 0 Å². The lowest BCUT2D eigenvalue weighted by molar-refractivity contribution is 0.458. The van der Waals surface area contributed by atoms with Gasteiger partial charge < -0.3 is 5.32 Å². The van der Waals surface area contributed by atoms with Gasteiger partial charge in [-0.25, -0.2) is 0 Å². The van der Waals surface area contributed by atoms with Crippen LogP contribution in [0.4, 0.5) is 0 Å². The first kappa shape index (κ1) is 12.4. The van der Waals surface area contributed by atoms with E-state index in [9.17, 15) is 0 Å². The number of aryl methyl sites for hydroxylation is 2. The molecule has 0 bridgehead atoms. The van der Waals surface area contributed by atoms with Gasteiger partial charge in [-0.05, 0) is 54.5 Å². The number of fused-ring (bicyclic) bond motifs is 1. The molecule has 19 heavy (non-hydrogen) atoms. The molecule has 0 amide bonds. The van der Waals surface area contributed by atoms with E-state index >= 15 is 0 Å². The Labute approximate surface area is 114 Å². The maximum atomic E-state index is 4.21. The molecule has 0 saturated carbocycles. The molecule has 1 aromatic carbocycles. The molecule has 0 radical (unpaired) electrons. The SMILES string of the molecule is Cc1ccncc1CNC1CCCc2ccccc21. The molecule has 0 spiro atoms. The van der Waals surface area contributed by atoms with Gasteiger partial charge in [0.05, 0.1) is 0 Å². The number of aromatic nitrogens is 1. The van der Waals surface area contributed by atoms with E-state index in [0.29, 0.717) is 6.04 Å². The average Bonchev–Trinajstić information content (AvgIpc) is 2.46. The highest BCUT2D eigenvalue weighted by Crippen LogP contribution is 2.29. The largest absolute Gasteiger partial charge is 0.306 e. The van der Waals surface area contributed by atoms with E-state index in [-0.39, 0.29) is 0 Å². The fourth-order valence-corrected chi connectivity index (χ4v) is 2.88. The number of nitrogens with one attached hydrogen (secondary N) is 1. The third-order valence-electron chi connectivity index (χ3n) is 4.06. The monoisotopic (exact) mass is 252 g/mol. The summed E-state index contributed by atoms with van der Waals surface area (Å²) in [5.41, 5.74) is 5.60. The minimum atomic E-state index is 0.490. The van der Waals surface area contributed by atoms with Crippen molar-refractivity contribution in [3.05, 3.63) is 65.0 Å². The van der Waals surface area contributed by atoms with E-state index in [1.165, 1.54) is 41.5 Å². The van der Waals surface area contributed by atoms with Gasteiger partial charge in [-0.15, -0.1) is 0 Å². The van der Waals surface area contributed by atoms with Crippen LogP contribution >= 0.6 is 0 Å². The Morgan fingerprint density at radius 1 is 1.26 bits per heavy atom. The first-order chi connectivity index (χ1) is 9.34. The van der Waals surface area contributed by atoms with Crippen molar-refractivity contribution in [3.63, 3.8) is 0 Å². The molecule has 0 aliphatic heterocycles. The minimum Gasteiger partial charge on any atom is -0.306 e. The third-order valence-corrected chi connectivity index (χ3v) is 4.06. The summed E-state index contributed by atoms with van der Waals surface area (Å²) in [7, 11) is 0. The van der Waals surface area contributed by atoms with Crippen molar-refractivity contribution in [1.82, 2.24) is 10.3 Å². The summed E-state index contributed by atoms with van der Waals surface area (Å²) in [5, 5.41) is 3.69. The Kier molecular flexibility index (Phi) is 3.60. The Hall–Kier alpha value is -1.67. The standard InChI is InChI=1S/C17H20N2/c1-13-9-10-18-11-15(13)12-19-17-8-4-6-14-5-2-3-7-16(14)17/h2-3,5,7,9-11,17,19H,4,6,8,12H2,1H3. The lowest BCUT2D eigenvalue weighted by atomic mass is 9.87. The molecule has 1 atom stereocenters. The summed E-state index contributed by atoms with van der Waals surface area (Å²) in [5.74, 6) is 0. The Bertz CT molecular complexity index is 563. The number of nitrogens with zero attached hydrogens (tertiary/aromatic N) is 1. The van der Waals surface area contributed by atoms with Crippen molar-refractivity contribution in [2.45, 2.75) is 38.8 Å². The van der Waals surface area contributed by atoms with Gasteiger partial charge in [-0.1, -0.05) is 24.3 Å². The van der Waals surface area contributed by atoms with E-state index in [2.05, 4.69) is 47.6 Å². The number of benzene rings is 1. The summed E-state index contributed by atoms with van der Waals surface area (Å²) in [6.07, 6.45) is 7.56. The molecule has 98 valence electrons. The van der Waals surface area contributed by atoms with Crippen LogP contribution in [0.15, 0.2) is 42.7 Å². The van der Waals surface area contributed by atoms with Crippen LogP contribution in [0.3, 0.4) is 0 Å². The van der Waals surface area contributed by atoms with Crippen molar-refractivity contribution in [1.29, 1.82) is 0 Å². The van der Waals surface area contributed by atoms with E-state index in [0.717, 1.165) is 6.54 Å². The van der Waals surface area contributed by atoms with Crippen molar-refractivity contribution in [2.24, 2.45) is 0 Å². The lowest BCUT2D eigenvalue weighted by Gasteiger charge is -2.26. The molecular weight excluding hydrogens is 232 g/mol. The van der Waals surface area contributed by atoms with E-state index in [4.69, 9.17) is 0 Å². The zero-order valence-electron chi connectivity index (χ0n) is 11.4. The third kappa shape index (κ3) is 2.69. The smallest absolute Gasteiger partial charge is 0.0326 e. The second-order valence-corrected chi connectivity index (χ2v) is 5.33. The fourth-order valence-electron chi connectivity index (χ4n) is 2.88. The summed E-state index contributed by atoms with van der Waals surface area (Å²) in [6.45, 7) is 3.05. The number of pyridine rings is 1. The van der Waals surface area contributed by atoms with Crippen LogP contribution in [0.25, 0.3) is 0 Å². The van der Waals surface area contributed by atoms with E-state index in [1.807, 2.05) is 12.4 Å². The lowest BCUT2D eigenvalue weighted by Crippen LogP contribution is -2.25. The summed E-state index contributed by atoms with van der Waals surface area (Å²) in [4.78, 5) is 4.21. The summed E-state index contributed by atoms with van der Waals surface area (Å²) < 4.78 is 0. The minimum absolute atomic E-state index is 0.490. The van der Waals surface area contributed by atoms with Gasteiger partial charge in [0.2, 0.25) is 0 Å². The predicted octanol–water partition coefficient (Wildman–Crippen LogP) is 3.56. The summed E-state index contributed by atoms with van der Waals surface area (Å²) >= 11 is 0. The van der Waals surface area contributed by atoms with Gasteiger partial charge in [-0.3, -0.25) is 4.98 Å². The van der Waals surface area contributed by atoms with Crippen molar-refractivity contribution in [2.75, 3.05) is 0 Å². The van der Waals surface area contributed by atoms with Gasteiger partial charge >= 0.3 is 0 Å². The molecule has 1 N–H and O–H groups in total. The molecular formula is C17H20N2. The molecule has 1 aromatic heterocycles. The highest BCUT2D eigenvalue weighted by molar-refractivity contribution is 5.32. The van der Waals surface area contributed by atoms with Crippen LogP contribution in [-0.4, -0.2) is 4.98 Å². The van der Waals surface area contributed by atoms with Crippen LogP contribution in [0.5, 0.6) is 0 Å². The first-order valence-corrected chi connectivity index (χ1v) is 7.05. The van der Waals surface area contributed by atoms with Gasteiger partial charge in [-0.2, -0.15) is 0 Å². The van der Waals surface area contributed by atoms with Crippen LogP contribution in [0.1, 0.15) is 41.1 Å². The summed E-state index contributed by atoms with van der Waals surface area (Å²) in [6, 6.07) is 11.4. The molecule has 2 nitrogen and oxygen atoms in total. The van der Waals surface area contributed by atoms with Crippen molar-refractivity contribution >= 4 is 0 Å². The number of hydrogen-bond donors (Lipinski definition) is 1. The van der Waals surface area contributed by atoms with Gasteiger partial charge in [0, 0.05) is 25.0 Å². The molecule has 3 rings (SSSR count). The zero-order valence-corrected chi connectivity index (χ0v) is 11.4.